The minimum Gasteiger partial charge on any atom is -0.0996 e. The van der Waals surface area contributed by atoms with Gasteiger partial charge in [0.1, 0.15) is 0 Å². The van der Waals surface area contributed by atoms with Crippen LogP contribution in [0.2, 0.25) is 0 Å². The van der Waals surface area contributed by atoms with Crippen LogP contribution in [-0.2, 0) is 0 Å². The van der Waals surface area contributed by atoms with Crippen LogP contribution in [0.5, 0.6) is 0 Å². The quantitative estimate of drug-likeness (QED) is 0.521. The maximum atomic E-state index is 4.12. The van der Waals surface area contributed by atoms with Crippen LogP contribution in [0.3, 0.4) is 0 Å². The van der Waals surface area contributed by atoms with Crippen molar-refractivity contribution in [3.8, 4) is 0 Å². The Kier molecular flexibility index (Phi) is 1.55. The van der Waals surface area contributed by atoms with Crippen molar-refractivity contribution in [1.29, 1.82) is 0 Å². The summed E-state index contributed by atoms with van der Waals surface area (Å²) in [6, 6.07) is 0. The molecule has 0 nitrogen and oxygen atoms in total. The monoisotopic (exact) mass is 136 g/mol. The van der Waals surface area contributed by atoms with E-state index in [-0.39, 0.29) is 0 Å². The highest BCUT2D eigenvalue weighted by Crippen LogP contribution is 2.41. The first kappa shape index (κ1) is 6.45. The molecule has 10 heavy (non-hydrogen) atoms. The predicted molar refractivity (Wildman–Crippen MR) is 43.8 cm³/mol. The second-order valence-electron chi connectivity index (χ2n) is 3.91. The van der Waals surface area contributed by atoms with Crippen molar-refractivity contribution < 1.29 is 0 Å². The lowest BCUT2D eigenvalue weighted by atomic mass is 10.1. The lowest BCUT2D eigenvalue weighted by molar-refractivity contribution is 0.697. The Bertz CT molecular complexity index is 138. The average molecular weight is 136 g/mol. The molecular weight excluding hydrogens is 120 g/mol. The van der Waals surface area contributed by atoms with Crippen molar-refractivity contribution in [2.45, 2.75) is 38.5 Å². The summed E-state index contributed by atoms with van der Waals surface area (Å²) in [6.07, 6.45) is 8.63. The molecule has 0 spiro atoms. The van der Waals surface area contributed by atoms with Gasteiger partial charge in [0.25, 0.3) is 0 Å². The summed E-state index contributed by atoms with van der Waals surface area (Å²) >= 11 is 0. The Morgan fingerprint density at radius 3 is 2.40 bits per heavy atom. The van der Waals surface area contributed by atoms with Gasteiger partial charge >= 0.3 is 0 Å². The van der Waals surface area contributed by atoms with Crippen LogP contribution in [0.15, 0.2) is 12.2 Å². The second kappa shape index (κ2) is 2.41. The van der Waals surface area contributed by atoms with Crippen molar-refractivity contribution in [3.63, 3.8) is 0 Å². The molecule has 0 saturated heterocycles. The molecule has 0 aromatic heterocycles. The third-order valence-electron chi connectivity index (χ3n) is 2.73. The molecule has 0 heterocycles. The van der Waals surface area contributed by atoms with E-state index in [9.17, 15) is 0 Å². The standard InChI is InChI=1S/C10H16/c1-8(10-6-7-10)2-3-9-4-5-9/h9-10H,1-7H2. The first-order chi connectivity index (χ1) is 4.86. The molecule has 2 fully saturated rings. The van der Waals surface area contributed by atoms with Crippen LogP contribution in [0.4, 0.5) is 0 Å². The van der Waals surface area contributed by atoms with Crippen molar-refractivity contribution in [1.82, 2.24) is 0 Å². The SMILES string of the molecule is C=C(CCC1CC1)C1CC1. The van der Waals surface area contributed by atoms with Gasteiger partial charge in [-0.1, -0.05) is 25.0 Å². The van der Waals surface area contributed by atoms with Crippen LogP contribution in [0, 0.1) is 11.8 Å². The molecule has 56 valence electrons. The van der Waals surface area contributed by atoms with Gasteiger partial charge in [0, 0.05) is 0 Å². The largest absolute Gasteiger partial charge is 0.0996 e. The zero-order chi connectivity index (χ0) is 6.97. The predicted octanol–water partition coefficient (Wildman–Crippen LogP) is 3.14. The molecule has 0 bridgehead atoms. The van der Waals surface area contributed by atoms with Gasteiger partial charge in [-0.3, -0.25) is 0 Å². The zero-order valence-electron chi connectivity index (χ0n) is 6.60. The molecule has 0 aliphatic heterocycles. The van der Waals surface area contributed by atoms with Gasteiger partial charge in [0.2, 0.25) is 0 Å². The first-order valence-electron chi connectivity index (χ1n) is 4.54. The fourth-order valence-corrected chi connectivity index (χ4v) is 1.49. The molecule has 0 heteroatoms. The number of rotatable bonds is 4. The smallest absolute Gasteiger partial charge is 0.0205 e. The van der Waals surface area contributed by atoms with Crippen LogP contribution < -0.4 is 0 Å². The summed E-state index contributed by atoms with van der Waals surface area (Å²) in [5, 5.41) is 0. The van der Waals surface area contributed by atoms with Gasteiger partial charge < -0.3 is 0 Å². The van der Waals surface area contributed by atoms with E-state index in [1.54, 1.807) is 5.57 Å². The number of hydrogen-bond donors (Lipinski definition) is 0. The molecule has 0 atom stereocenters. The maximum absolute atomic E-state index is 4.12. The highest BCUT2D eigenvalue weighted by atomic mass is 14.3. The van der Waals surface area contributed by atoms with Crippen molar-refractivity contribution in [2.24, 2.45) is 11.8 Å². The Labute approximate surface area is 63.3 Å². The molecule has 2 saturated carbocycles. The molecule has 2 rings (SSSR count). The minimum atomic E-state index is 0.943. The number of allylic oxidation sites excluding steroid dienone is 1. The van der Waals surface area contributed by atoms with Gasteiger partial charge in [-0.15, -0.1) is 0 Å². The first-order valence-corrected chi connectivity index (χ1v) is 4.54. The average Bonchev–Trinajstić information content (AvgIpc) is 2.76. The molecule has 2 aliphatic rings. The van der Waals surface area contributed by atoms with Crippen LogP contribution in [0.1, 0.15) is 38.5 Å². The Hall–Kier alpha value is -0.260. The van der Waals surface area contributed by atoms with E-state index in [2.05, 4.69) is 6.58 Å². The molecule has 0 aromatic carbocycles. The topological polar surface area (TPSA) is 0 Å². The second-order valence-corrected chi connectivity index (χ2v) is 3.91. The summed E-state index contributed by atoms with van der Waals surface area (Å²) in [4.78, 5) is 0. The van der Waals surface area contributed by atoms with Gasteiger partial charge in [0.05, 0.1) is 0 Å². The van der Waals surface area contributed by atoms with Crippen LogP contribution >= 0.6 is 0 Å². The molecule has 2 aliphatic carbocycles. The minimum absolute atomic E-state index is 0.943. The lowest BCUT2D eigenvalue weighted by Gasteiger charge is -2.00. The summed E-state index contributed by atoms with van der Waals surface area (Å²) in [7, 11) is 0. The van der Waals surface area contributed by atoms with Crippen molar-refractivity contribution >= 4 is 0 Å². The molecule has 0 N–H and O–H groups in total. The summed E-state index contributed by atoms with van der Waals surface area (Å²) in [6.45, 7) is 4.12. The highest BCUT2D eigenvalue weighted by molar-refractivity contribution is 5.07. The van der Waals surface area contributed by atoms with Crippen molar-refractivity contribution in [2.75, 3.05) is 0 Å². The van der Waals surface area contributed by atoms with E-state index < -0.39 is 0 Å². The van der Waals surface area contributed by atoms with Crippen LogP contribution in [0.25, 0.3) is 0 Å². The summed E-state index contributed by atoms with van der Waals surface area (Å²) in [5.74, 6) is 2.04. The van der Waals surface area contributed by atoms with Gasteiger partial charge in [-0.25, -0.2) is 0 Å². The lowest BCUT2D eigenvalue weighted by Crippen LogP contribution is -1.84. The van der Waals surface area contributed by atoms with Crippen molar-refractivity contribution in [3.05, 3.63) is 12.2 Å². The third-order valence-corrected chi connectivity index (χ3v) is 2.73. The maximum Gasteiger partial charge on any atom is -0.0205 e. The Morgan fingerprint density at radius 2 is 1.90 bits per heavy atom. The van der Waals surface area contributed by atoms with Gasteiger partial charge in [-0.2, -0.15) is 0 Å². The molecular formula is C10H16. The zero-order valence-corrected chi connectivity index (χ0v) is 6.60. The molecule has 0 amide bonds. The van der Waals surface area contributed by atoms with E-state index >= 15 is 0 Å². The van der Waals surface area contributed by atoms with E-state index in [0.29, 0.717) is 0 Å². The Balaban J connectivity index is 1.63. The number of hydrogen-bond acceptors (Lipinski definition) is 0. The molecule has 0 unspecified atom stereocenters. The fraction of sp³-hybridized carbons (Fsp3) is 0.800. The van der Waals surface area contributed by atoms with Gasteiger partial charge in [-0.05, 0) is 37.5 Å². The third kappa shape index (κ3) is 1.62. The van der Waals surface area contributed by atoms with E-state index in [4.69, 9.17) is 0 Å². The van der Waals surface area contributed by atoms with E-state index in [1.807, 2.05) is 0 Å². The molecule has 0 radical (unpaired) electrons. The fourth-order valence-electron chi connectivity index (χ4n) is 1.49. The summed E-state index contributed by atoms with van der Waals surface area (Å²) < 4.78 is 0. The normalized spacial score (nSPS) is 24.8. The van der Waals surface area contributed by atoms with Crippen LogP contribution in [-0.4, -0.2) is 0 Å². The molecule has 0 aromatic rings. The summed E-state index contributed by atoms with van der Waals surface area (Å²) in [5.41, 5.74) is 1.55. The highest BCUT2D eigenvalue weighted by Gasteiger charge is 2.26. The van der Waals surface area contributed by atoms with E-state index in [1.165, 1.54) is 38.5 Å². The Morgan fingerprint density at radius 1 is 1.20 bits per heavy atom. The van der Waals surface area contributed by atoms with Gasteiger partial charge in [0.15, 0.2) is 0 Å². The van der Waals surface area contributed by atoms with E-state index in [0.717, 1.165) is 11.8 Å².